The Balaban J connectivity index is 2.29. The molecule has 0 aliphatic heterocycles. The molecule has 0 aromatic carbocycles. The topological polar surface area (TPSA) is 29.1 Å². The molecule has 2 nitrogen and oxygen atoms in total. The minimum absolute atomic E-state index is 0.316. The van der Waals surface area contributed by atoms with Crippen molar-refractivity contribution in [2.45, 2.75) is 64.7 Å². The number of hydrogen-bond acceptors (Lipinski definition) is 2. The van der Waals surface area contributed by atoms with Crippen LogP contribution in [0.15, 0.2) is 0 Å². The van der Waals surface area contributed by atoms with Crippen molar-refractivity contribution in [1.29, 1.82) is 0 Å². The Bertz CT molecular complexity index is 265. The summed E-state index contributed by atoms with van der Waals surface area (Å²) in [5.74, 6) is 0.828. The van der Waals surface area contributed by atoms with Crippen molar-refractivity contribution in [3.63, 3.8) is 0 Å². The maximum atomic E-state index is 11.3. The molecule has 4 atom stereocenters. The van der Waals surface area contributed by atoms with Crippen LogP contribution >= 0.6 is 0 Å². The van der Waals surface area contributed by atoms with Crippen molar-refractivity contribution in [3.8, 4) is 0 Å². The van der Waals surface area contributed by atoms with E-state index in [0.717, 1.165) is 18.9 Å². The van der Waals surface area contributed by atoms with Gasteiger partial charge in [0.05, 0.1) is 0 Å². The fourth-order valence-electron chi connectivity index (χ4n) is 3.16. The van der Waals surface area contributed by atoms with Gasteiger partial charge in [-0.05, 0) is 43.6 Å². The Labute approximate surface area is 109 Å². The van der Waals surface area contributed by atoms with Crippen molar-refractivity contribution >= 4 is 10.8 Å². The molecule has 3 heteroatoms. The van der Waals surface area contributed by atoms with Gasteiger partial charge in [0.25, 0.3) is 0 Å². The molecule has 0 bridgehead atoms. The number of rotatable bonds is 5. The van der Waals surface area contributed by atoms with Gasteiger partial charge in [0.1, 0.15) is 0 Å². The lowest BCUT2D eigenvalue weighted by Gasteiger charge is -2.39. The smallest absolute Gasteiger partial charge is 0.0329 e. The highest BCUT2D eigenvalue weighted by Crippen LogP contribution is 2.38. The molecule has 1 rings (SSSR count). The first-order chi connectivity index (χ1) is 7.80. The van der Waals surface area contributed by atoms with Crippen LogP contribution in [0, 0.1) is 11.3 Å². The molecule has 0 spiro atoms. The molecule has 0 heterocycles. The largest absolute Gasteiger partial charge is 0.314 e. The third-order valence-electron chi connectivity index (χ3n) is 3.94. The maximum absolute atomic E-state index is 11.3. The molecule has 1 fully saturated rings. The van der Waals surface area contributed by atoms with Gasteiger partial charge in [0.2, 0.25) is 0 Å². The molecule has 1 aliphatic carbocycles. The Hall–Kier alpha value is 0.110. The molecule has 1 saturated carbocycles. The third kappa shape index (κ3) is 5.52. The predicted molar refractivity (Wildman–Crippen MR) is 76.7 cm³/mol. The minimum atomic E-state index is -0.679. The normalized spacial score (nSPS) is 32.1. The Morgan fingerprint density at radius 3 is 2.59 bits per heavy atom. The van der Waals surface area contributed by atoms with Gasteiger partial charge in [-0.2, -0.15) is 0 Å². The maximum Gasteiger partial charge on any atom is 0.0329 e. The van der Waals surface area contributed by atoms with Gasteiger partial charge in [-0.3, -0.25) is 4.21 Å². The van der Waals surface area contributed by atoms with Crippen LogP contribution in [-0.2, 0) is 10.8 Å². The van der Waals surface area contributed by atoms with E-state index in [0.29, 0.717) is 16.7 Å². The molecule has 0 amide bonds. The monoisotopic (exact) mass is 259 g/mol. The first kappa shape index (κ1) is 15.2. The second kappa shape index (κ2) is 6.33. The third-order valence-corrected chi connectivity index (χ3v) is 5.31. The van der Waals surface area contributed by atoms with Crippen molar-refractivity contribution in [1.82, 2.24) is 5.32 Å². The average molecular weight is 259 g/mol. The van der Waals surface area contributed by atoms with E-state index in [1.54, 1.807) is 6.26 Å². The van der Waals surface area contributed by atoms with Gasteiger partial charge in [-0.15, -0.1) is 0 Å². The summed E-state index contributed by atoms with van der Waals surface area (Å²) < 4.78 is 11.3. The van der Waals surface area contributed by atoms with E-state index in [1.807, 2.05) is 0 Å². The highest BCUT2D eigenvalue weighted by molar-refractivity contribution is 7.84. The van der Waals surface area contributed by atoms with Crippen LogP contribution in [0.4, 0.5) is 0 Å². The van der Waals surface area contributed by atoms with Crippen molar-refractivity contribution in [2.24, 2.45) is 11.3 Å². The van der Waals surface area contributed by atoms with Crippen LogP contribution in [0.1, 0.15) is 53.4 Å². The van der Waals surface area contributed by atoms with Gasteiger partial charge in [0.15, 0.2) is 0 Å². The van der Waals surface area contributed by atoms with Crippen molar-refractivity contribution in [2.75, 3.05) is 12.8 Å². The average Bonchev–Trinajstić information content (AvgIpc) is 2.13. The molecule has 17 heavy (non-hydrogen) atoms. The zero-order valence-corrected chi connectivity index (χ0v) is 12.9. The number of hydrogen-bond donors (Lipinski definition) is 1. The van der Waals surface area contributed by atoms with E-state index in [1.165, 1.54) is 19.3 Å². The Morgan fingerprint density at radius 2 is 2.06 bits per heavy atom. The molecule has 4 unspecified atom stereocenters. The molecule has 0 radical (unpaired) electrons. The summed E-state index contributed by atoms with van der Waals surface area (Å²) in [7, 11) is -0.679. The molecule has 0 saturated heterocycles. The van der Waals surface area contributed by atoms with E-state index in [4.69, 9.17) is 0 Å². The second-order valence-corrected chi connectivity index (χ2v) is 8.46. The molecule has 1 N–H and O–H groups in total. The minimum Gasteiger partial charge on any atom is -0.314 e. The lowest BCUT2D eigenvalue weighted by molar-refractivity contribution is 0.151. The summed E-state index contributed by atoms with van der Waals surface area (Å²) in [5, 5.41) is 3.98. The van der Waals surface area contributed by atoms with Crippen LogP contribution in [-0.4, -0.2) is 28.3 Å². The number of nitrogens with one attached hydrogen (secondary N) is 1. The lowest BCUT2D eigenvalue weighted by Crippen LogP contribution is -2.41. The van der Waals surface area contributed by atoms with Gasteiger partial charge in [0, 0.05) is 28.3 Å². The summed E-state index contributed by atoms with van der Waals surface area (Å²) in [6.07, 6.45) is 6.75. The van der Waals surface area contributed by atoms with E-state index < -0.39 is 10.8 Å². The van der Waals surface area contributed by atoms with Gasteiger partial charge >= 0.3 is 0 Å². The van der Waals surface area contributed by atoms with Crippen molar-refractivity contribution in [3.05, 3.63) is 0 Å². The van der Waals surface area contributed by atoms with Gasteiger partial charge in [-0.1, -0.05) is 27.7 Å². The standard InChI is InChI=1S/C14H29NOS/c1-11-8-13(10-14(3,4)9-11)15-7-6-12(2)17(5)16/h11-13,15H,6-10H2,1-5H3. The highest BCUT2D eigenvalue weighted by Gasteiger charge is 2.31. The first-order valence-corrected chi connectivity index (χ1v) is 8.48. The molecule has 102 valence electrons. The summed E-state index contributed by atoms with van der Waals surface area (Å²) in [6, 6.07) is 0.659. The Kier molecular flexibility index (Phi) is 5.65. The zero-order chi connectivity index (χ0) is 13.1. The predicted octanol–water partition coefficient (Wildman–Crippen LogP) is 2.95. The SMILES string of the molecule is CC1CC(NCCC(C)S(C)=O)CC(C)(C)C1. The summed E-state index contributed by atoms with van der Waals surface area (Å²) in [4.78, 5) is 0. The summed E-state index contributed by atoms with van der Waals surface area (Å²) >= 11 is 0. The highest BCUT2D eigenvalue weighted by atomic mass is 32.2. The van der Waals surface area contributed by atoms with E-state index in [2.05, 4.69) is 33.0 Å². The molecular formula is C14H29NOS. The first-order valence-electron chi connectivity index (χ1n) is 6.86. The summed E-state index contributed by atoms with van der Waals surface area (Å²) in [6.45, 7) is 10.2. The second-order valence-electron chi connectivity index (χ2n) is 6.66. The lowest BCUT2D eigenvalue weighted by atomic mass is 9.70. The van der Waals surface area contributed by atoms with E-state index in [-0.39, 0.29) is 0 Å². The molecule has 1 aliphatic rings. The van der Waals surface area contributed by atoms with Crippen LogP contribution < -0.4 is 5.32 Å². The quantitative estimate of drug-likeness (QED) is 0.822. The molecule has 0 aromatic heterocycles. The van der Waals surface area contributed by atoms with Crippen LogP contribution in [0.5, 0.6) is 0 Å². The van der Waals surface area contributed by atoms with E-state index >= 15 is 0 Å². The zero-order valence-electron chi connectivity index (χ0n) is 12.1. The fourth-order valence-corrected chi connectivity index (χ4v) is 3.61. The van der Waals surface area contributed by atoms with Crippen LogP contribution in [0.2, 0.25) is 0 Å². The molecular weight excluding hydrogens is 230 g/mol. The fraction of sp³-hybridized carbons (Fsp3) is 1.00. The van der Waals surface area contributed by atoms with Gasteiger partial charge < -0.3 is 5.32 Å². The Morgan fingerprint density at radius 1 is 1.41 bits per heavy atom. The van der Waals surface area contributed by atoms with Crippen LogP contribution in [0.3, 0.4) is 0 Å². The van der Waals surface area contributed by atoms with E-state index in [9.17, 15) is 4.21 Å². The summed E-state index contributed by atoms with van der Waals surface area (Å²) in [5.41, 5.74) is 0.481. The molecule has 0 aromatic rings. The van der Waals surface area contributed by atoms with Crippen LogP contribution in [0.25, 0.3) is 0 Å². The van der Waals surface area contributed by atoms with Crippen molar-refractivity contribution < 1.29 is 4.21 Å². The van der Waals surface area contributed by atoms with Gasteiger partial charge in [-0.25, -0.2) is 0 Å².